The van der Waals surface area contributed by atoms with Crippen molar-refractivity contribution in [3.63, 3.8) is 0 Å². The number of nitrogens with zero attached hydrogens (tertiary/aromatic N) is 3. The molecule has 1 heterocycles. The quantitative estimate of drug-likeness (QED) is 0.932. The second-order valence-corrected chi connectivity index (χ2v) is 4.27. The Bertz CT molecular complexity index is 567. The van der Waals surface area contributed by atoms with E-state index in [1.54, 1.807) is 30.6 Å². The van der Waals surface area contributed by atoms with Gasteiger partial charge in [-0.3, -0.25) is 0 Å². The van der Waals surface area contributed by atoms with Crippen LogP contribution in [-0.4, -0.2) is 39.6 Å². The lowest BCUT2D eigenvalue weighted by Crippen LogP contribution is -2.16. The van der Waals surface area contributed by atoms with E-state index >= 15 is 0 Å². The molecule has 6 heteroatoms. The van der Waals surface area contributed by atoms with Crippen LogP contribution in [0, 0.1) is 0 Å². The standard InChI is InChI=1S/C13H15N3O2.ClH/c1-15(2)9-12-14-7-8-16(12)11-6-4-3-5-10(11)13(17)18;/h3-8H,9H2,1-2H3,(H,17,18);1H. The van der Waals surface area contributed by atoms with E-state index in [1.807, 2.05) is 29.6 Å². The second-order valence-electron chi connectivity index (χ2n) is 4.27. The maximum atomic E-state index is 11.2. The molecule has 0 bridgehead atoms. The number of carbonyl (C=O) groups is 1. The average Bonchev–Trinajstić information content (AvgIpc) is 2.76. The first kappa shape index (κ1) is 15.2. The molecule has 0 aliphatic carbocycles. The van der Waals surface area contributed by atoms with Crippen LogP contribution in [0.25, 0.3) is 5.69 Å². The van der Waals surface area contributed by atoms with E-state index in [0.717, 1.165) is 5.82 Å². The SMILES string of the molecule is CN(C)Cc1nccn1-c1ccccc1C(=O)O.Cl. The molecular weight excluding hydrogens is 266 g/mol. The van der Waals surface area contributed by atoms with Crippen LogP contribution in [0.15, 0.2) is 36.7 Å². The Morgan fingerprint density at radius 3 is 2.68 bits per heavy atom. The molecule has 0 amide bonds. The zero-order chi connectivity index (χ0) is 13.1. The van der Waals surface area contributed by atoms with E-state index in [2.05, 4.69) is 4.98 Å². The molecule has 0 radical (unpaired) electrons. The number of hydrogen-bond donors (Lipinski definition) is 1. The monoisotopic (exact) mass is 281 g/mol. The Hall–Kier alpha value is -1.85. The molecule has 0 spiro atoms. The minimum Gasteiger partial charge on any atom is -0.478 e. The van der Waals surface area contributed by atoms with Gasteiger partial charge < -0.3 is 14.6 Å². The topological polar surface area (TPSA) is 58.4 Å². The zero-order valence-corrected chi connectivity index (χ0v) is 11.6. The van der Waals surface area contributed by atoms with Gasteiger partial charge in [0.15, 0.2) is 0 Å². The maximum Gasteiger partial charge on any atom is 0.337 e. The fourth-order valence-corrected chi connectivity index (χ4v) is 1.82. The molecule has 0 fully saturated rings. The minimum absolute atomic E-state index is 0. The highest BCUT2D eigenvalue weighted by Gasteiger charge is 2.13. The summed E-state index contributed by atoms with van der Waals surface area (Å²) in [5.74, 6) is -0.121. The number of imidazole rings is 1. The molecule has 0 saturated carbocycles. The van der Waals surface area contributed by atoms with Crippen LogP contribution in [-0.2, 0) is 6.54 Å². The number of carboxylic acids is 1. The van der Waals surface area contributed by atoms with Gasteiger partial charge in [0.25, 0.3) is 0 Å². The average molecular weight is 282 g/mol. The lowest BCUT2D eigenvalue weighted by Gasteiger charge is -2.13. The van der Waals surface area contributed by atoms with E-state index in [4.69, 9.17) is 0 Å². The summed E-state index contributed by atoms with van der Waals surface area (Å²) in [6, 6.07) is 6.91. The predicted molar refractivity (Wildman–Crippen MR) is 75.2 cm³/mol. The van der Waals surface area contributed by atoms with Gasteiger partial charge in [-0.15, -0.1) is 12.4 Å². The maximum absolute atomic E-state index is 11.2. The molecule has 0 aliphatic heterocycles. The van der Waals surface area contributed by atoms with Gasteiger partial charge in [0, 0.05) is 12.4 Å². The number of para-hydroxylation sites is 1. The predicted octanol–water partition coefficient (Wildman–Crippen LogP) is 2.05. The molecule has 19 heavy (non-hydrogen) atoms. The molecule has 2 aromatic rings. The van der Waals surface area contributed by atoms with E-state index in [1.165, 1.54) is 0 Å². The summed E-state index contributed by atoms with van der Waals surface area (Å²) in [5.41, 5.74) is 0.912. The van der Waals surface area contributed by atoms with Crippen molar-refractivity contribution in [3.05, 3.63) is 48.0 Å². The Morgan fingerprint density at radius 2 is 2.05 bits per heavy atom. The number of halogens is 1. The molecule has 0 unspecified atom stereocenters. The third-order valence-electron chi connectivity index (χ3n) is 2.57. The highest BCUT2D eigenvalue weighted by molar-refractivity contribution is 5.91. The van der Waals surface area contributed by atoms with Crippen LogP contribution in [0.2, 0.25) is 0 Å². The number of rotatable bonds is 4. The van der Waals surface area contributed by atoms with Crippen molar-refractivity contribution in [3.8, 4) is 5.69 Å². The lowest BCUT2D eigenvalue weighted by molar-refractivity contribution is 0.0697. The van der Waals surface area contributed by atoms with Crippen LogP contribution in [0.4, 0.5) is 0 Å². The highest BCUT2D eigenvalue weighted by atomic mass is 35.5. The summed E-state index contributed by atoms with van der Waals surface area (Å²) in [6.07, 6.45) is 3.46. The first-order chi connectivity index (χ1) is 8.59. The number of aromatic carboxylic acids is 1. The summed E-state index contributed by atoms with van der Waals surface area (Å²) in [5, 5.41) is 9.19. The summed E-state index contributed by atoms with van der Waals surface area (Å²) in [7, 11) is 3.89. The van der Waals surface area contributed by atoms with Crippen molar-refractivity contribution in [1.82, 2.24) is 14.5 Å². The molecule has 2 rings (SSSR count). The van der Waals surface area contributed by atoms with Gasteiger partial charge in [-0.1, -0.05) is 12.1 Å². The summed E-state index contributed by atoms with van der Waals surface area (Å²) in [6.45, 7) is 0.654. The highest BCUT2D eigenvalue weighted by Crippen LogP contribution is 2.17. The van der Waals surface area contributed by atoms with Crippen molar-refractivity contribution >= 4 is 18.4 Å². The second kappa shape index (κ2) is 6.36. The molecule has 1 N–H and O–H groups in total. The van der Waals surface area contributed by atoms with Crippen molar-refractivity contribution in [2.24, 2.45) is 0 Å². The number of benzene rings is 1. The molecule has 5 nitrogen and oxygen atoms in total. The van der Waals surface area contributed by atoms with Gasteiger partial charge in [-0.25, -0.2) is 9.78 Å². The Morgan fingerprint density at radius 1 is 1.37 bits per heavy atom. The number of aromatic nitrogens is 2. The van der Waals surface area contributed by atoms with Gasteiger partial charge in [-0.2, -0.15) is 0 Å². The number of hydrogen-bond acceptors (Lipinski definition) is 3. The molecule has 0 saturated heterocycles. The van der Waals surface area contributed by atoms with Crippen LogP contribution >= 0.6 is 12.4 Å². The van der Waals surface area contributed by atoms with Gasteiger partial charge in [-0.05, 0) is 26.2 Å². The fourth-order valence-electron chi connectivity index (χ4n) is 1.82. The van der Waals surface area contributed by atoms with Crippen LogP contribution in [0.3, 0.4) is 0 Å². The zero-order valence-electron chi connectivity index (χ0n) is 10.8. The Kier molecular flexibility index (Phi) is 5.09. The molecular formula is C13H16ClN3O2. The van der Waals surface area contributed by atoms with Gasteiger partial charge in [0.1, 0.15) is 5.82 Å². The van der Waals surface area contributed by atoms with Gasteiger partial charge in [0.05, 0.1) is 17.8 Å². The molecule has 0 atom stereocenters. The smallest absolute Gasteiger partial charge is 0.337 e. The summed E-state index contributed by atoms with van der Waals surface area (Å²) in [4.78, 5) is 17.5. The third-order valence-corrected chi connectivity index (χ3v) is 2.57. The van der Waals surface area contributed by atoms with E-state index < -0.39 is 5.97 Å². The van der Waals surface area contributed by atoms with Crippen LogP contribution in [0.1, 0.15) is 16.2 Å². The van der Waals surface area contributed by atoms with Gasteiger partial charge >= 0.3 is 5.97 Å². The summed E-state index contributed by atoms with van der Waals surface area (Å²) < 4.78 is 1.81. The molecule has 102 valence electrons. The van der Waals surface area contributed by atoms with E-state index in [0.29, 0.717) is 12.2 Å². The third kappa shape index (κ3) is 3.33. The molecule has 0 aliphatic rings. The Balaban J connectivity index is 0.00000180. The van der Waals surface area contributed by atoms with Crippen molar-refractivity contribution in [2.45, 2.75) is 6.54 Å². The largest absolute Gasteiger partial charge is 0.478 e. The fraction of sp³-hybridized carbons (Fsp3) is 0.231. The Labute approximate surface area is 117 Å². The lowest BCUT2D eigenvalue weighted by atomic mass is 10.2. The number of carboxylic acid groups (broad SMARTS) is 1. The first-order valence-electron chi connectivity index (χ1n) is 5.59. The van der Waals surface area contributed by atoms with Crippen LogP contribution in [0.5, 0.6) is 0 Å². The molecule has 1 aromatic carbocycles. The van der Waals surface area contributed by atoms with Crippen molar-refractivity contribution < 1.29 is 9.90 Å². The normalized spacial score (nSPS) is 10.3. The molecule has 1 aromatic heterocycles. The first-order valence-corrected chi connectivity index (χ1v) is 5.59. The summed E-state index contributed by atoms with van der Waals surface area (Å²) >= 11 is 0. The van der Waals surface area contributed by atoms with E-state index in [9.17, 15) is 9.90 Å². The van der Waals surface area contributed by atoms with E-state index in [-0.39, 0.29) is 18.0 Å². The van der Waals surface area contributed by atoms with Crippen LogP contribution < -0.4 is 0 Å². The minimum atomic E-state index is -0.935. The van der Waals surface area contributed by atoms with Crippen molar-refractivity contribution in [1.29, 1.82) is 0 Å². The van der Waals surface area contributed by atoms with Gasteiger partial charge in [0.2, 0.25) is 0 Å². The van der Waals surface area contributed by atoms with Crippen molar-refractivity contribution in [2.75, 3.05) is 14.1 Å².